The van der Waals surface area contributed by atoms with Crippen LogP contribution in [-0.2, 0) is 0 Å². The van der Waals surface area contributed by atoms with E-state index in [4.69, 9.17) is 27.9 Å². The Kier molecular flexibility index (Phi) is 4.81. The van der Waals surface area contributed by atoms with Gasteiger partial charge in [0.2, 0.25) is 0 Å². The first-order chi connectivity index (χ1) is 10.6. The molecule has 0 unspecified atom stereocenters. The summed E-state index contributed by atoms with van der Waals surface area (Å²) in [4.78, 5) is 3.93. The zero-order valence-electron chi connectivity index (χ0n) is 11.7. The van der Waals surface area contributed by atoms with Gasteiger partial charge in [0.1, 0.15) is 17.7 Å². The van der Waals surface area contributed by atoms with Gasteiger partial charge in [-0.25, -0.2) is 4.39 Å². The summed E-state index contributed by atoms with van der Waals surface area (Å²) < 4.78 is 19.6. The van der Waals surface area contributed by atoms with Crippen LogP contribution in [0.4, 0.5) is 4.39 Å². The van der Waals surface area contributed by atoms with Crippen molar-refractivity contribution in [1.82, 2.24) is 10.3 Å². The number of nitrogens with zero attached hydrogens (tertiary/aromatic N) is 1. The molecule has 0 radical (unpaired) electrons. The van der Waals surface area contributed by atoms with Gasteiger partial charge in [0.05, 0.1) is 6.20 Å². The maximum Gasteiger partial charge on any atom is 0.141 e. The molecule has 1 aliphatic rings. The van der Waals surface area contributed by atoms with Gasteiger partial charge in [-0.05, 0) is 37.2 Å². The molecule has 0 bridgehead atoms. The zero-order chi connectivity index (χ0) is 15.5. The van der Waals surface area contributed by atoms with Gasteiger partial charge in [0.25, 0.3) is 0 Å². The lowest BCUT2D eigenvalue weighted by atomic mass is 9.96. The average molecular weight is 341 g/mol. The highest BCUT2D eigenvalue weighted by Crippen LogP contribution is 2.34. The molecule has 6 heteroatoms. The molecule has 0 aliphatic carbocycles. The van der Waals surface area contributed by atoms with E-state index in [1.165, 1.54) is 12.3 Å². The first-order valence-corrected chi connectivity index (χ1v) is 7.81. The van der Waals surface area contributed by atoms with Gasteiger partial charge in [-0.3, -0.25) is 4.98 Å². The molecule has 1 aromatic heterocycles. The molecule has 116 valence electrons. The van der Waals surface area contributed by atoms with Crippen LogP contribution in [0.15, 0.2) is 36.7 Å². The highest BCUT2D eigenvalue weighted by molar-refractivity contribution is 6.34. The van der Waals surface area contributed by atoms with Crippen LogP contribution < -0.4 is 10.1 Å². The van der Waals surface area contributed by atoms with Crippen molar-refractivity contribution in [3.05, 3.63) is 58.1 Å². The van der Waals surface area contributed by atoms with E-state index in [2.05, 4.69) is 10.3 Å². The Balaban J connectivity index is 1.91. The Labute approximate surface area is 138 Å². The highest BCUT2D eigenvalue weighted by Gasteiger charge is 2.28. The number of ether oxygens (including phenoxy) is 1. The van der Waals surface area contributed by atoms with Gasteiger partial charge in [0.15, 0.2) is 0 Å². The molecule has 3 rings (SSSR count). The fraction of sp³-hybridized carbons (Fsp3) is 0.312. The first-order valence-electron chi connectivity index (χ1n) is 7.06. The number of pyridine rings is 1. The van der Waals surface area contributed by atoms with Crippen LogP contribution in [0.5, 0.6) is 5.75 Å². The number of benzene rings is 1. The van der Waals surface area contributed by atoms with Crippen molar-refractivity contribution >= 4 is 23.2 Å². The smallest absolute Gasteiger partial charge is 0.141 e. The molecular weight excluding hydrogens is 326 g/mol. The van der Waals surface area contributed by atoms with Crippen molar-refractivity contribution in [3.63, 3.8) is 0 Å². The number of nitrogens with one attached hydrogen (secondary N) is 1. The maximum absolute atomic E-state index is 13.5. The van der Waals surface area contributed by atoms with Gasteiger partial charge in [-0.2, -0.15) is 0 Å². The zero-order valence-corrected chi connectivity index (χ0v) is 13.2. The van der Waals surface area contributed by atoms with E-state index < -0.39 is 0 Å². The normalized spacial score (nSPS) is 19.1. The third-order valence-corrected chi connectivity index (χ3v) is 4.12. The van der Waals surface area contributed by atoms with Crippen molar-refractivity contribution in [3.8, 4) is 5.75 Å². The van der Waals surface area contributed by atoms with Crippen LogP contribution in [0.3, 0.4) is 0 Å². The van der Waals surface area contributed by atoms with Crippen LogP contribution in [0.2, 0.25) is 10.0 Å². The number of hydrogen-bond donors (Lipinski definition) is 1. The van der Waals surface area contributed by atoms with Gasteiger partial charge >= 0.3 is 0 Å². The molecule has 2 atom stereocenters. The number of halogens is 3. The fourth-order valence-corrected chi connectivity index (χ4v) is 3.20. The molecule has 1 fully saturated rings. The van der Waals surface area contributed by atoms with E-state index in [-0.39, 0.29) is 17.8 Å². The largest absolute Gasteiger partial charge is 0.485 e. The molecule has 1 aliphatic heterocycles. The SMILES string of the molecule is Fc1cncc([C@@H](Oc2cc(Cl)cc(Cl)c2)[C@@H]2CCNC2)c1. The molecule has 3 nitrogen and oxygen atoms in total. The third kappa shape index (κ3) is 3.69. The molecule has 1 aromatic carbocycles. The van der Waals surface area contributed by atoms with E-state index in [0.29, 0.717) is 21.4 Å². The van der Waals surface area contributed by atoms with Gasteiger partial charge in [-0.15, -0.1) is 0 Å². The van der Waals surface area contributed by atoms with Crippen LogP contribution in [0.25, 0.3) is 0 Å². The summed E-state index contributed by atoms with van der Waals surface area (Å²) in [5.41, 5.74) is 0.713. The van der Waals surface area contributed by atoms with Crippen molar-refractivity contribution in [1.29, 1.82) is 0 Å². The van der Waals surface area contributed by atoms with Crippen molar-refractivity contribution < 1.29 is 9.13 Å². The van der Waals surface area contributed by atoms with Crippen LogP contribution in [0.1, 0.15) is 18.1 Å². The minimum absolute atomic E-state index is 0.237. The lowest BCUT2D eigenvalue weighted by Crippen LogP contribution is -2.21. The predicted octanol–water partition coefficient (Wildman–Crippen LogP) is 4.26. The second kappa shape index (κ2) is 6.82. The van der Waals surface area contributed by atoms with E-state index >= 15 is 0 Å². The number of aromatic nitrogens is 1. The Morgan fingerprint density at radius 2 is 1.95 bits per heavy atom. The highest BCUT2D eigenvalue weighted by atomic mass is 35.5. The standard InChI is InChI=1S/C16H15Cl2FN2O/c17-12-4-13(18)6-15(5-12)22-16(10-1-2-20-7-10)11-3-14(19)9-21-8-11/h3-6,8-10,16,20H,1-2,7H2/t10-,16+/m1/s1. The van der Waals surface area contributed by atoms with E-state index in [9.17, 15) is 4.39 Å². The van der Waals surface area contributed by atoms with E-state index in [1.54, 1.807) is 24.4 Å². The summed E-state index contributed by atoms with van der Waals surface area (Å²) in [5, 5.41) is 4.31. The van der Waals surface area contributed by atoms with Gasteiger partial charge < -0.3 is 10.1 Å². The monoisotopic (exact) mass is 340 g/mol. The molecule has 2 heterocycles. The number of rotatable bonds is 4. The topological polar surface area (TPSA) is 34.1 Å². The summed E-state index contributed by atoms with van der Waals surface area (Å²) in [6.07, 6.45) is 3.48. The van der Waals surface area contributed by atoms with Gasteiger partial charge in [-0.1, -0.05) is 23.2 Å². The average Bonchev–Trinajstić information content (AvgIpc) is 2.97. The summed E-state index contributed by atoms with van der Waals surface area (Å²) in [6, 6.07) is 6.51. The molecule has 1 N–H and O–H groups in total. The number of hydrogen-bond acceptors (Lipinski definition) is 3. The Hall–Kier alpha value is -1.36. The molecule has 0 spiro atoms. The lowest BCUT2D eigenvalue weighted by molar-refractivity contribution is 0.143. The molecular formula is C16H15Cl2FN2O. The minimum Gasteiger partial charge on any atom is -0.485 e. The molecule has 1 saturated heterocycles. The Morgan fingerprint density at radius 1 is 1.18 bits per heavy atom. The summed E-state index contributed by atoms with van der Waals surface area (Å²) in [5.74, 6) is 0.432. The molecule has 2 aromatic rings. The van der Waals surface area contributed by atoms with Crippen molar-refractivity contribution in [2.45, 2.75) is 12.5 Å². The summed E-state index contributed by atoms with van der Waals surface area (Å²) in [7, 11) is 0. The summed E-state index contributed by atoms with van der Waals surface area (Å²) in [6.45, 7) is 1.74. The minimum atomic E-state index is -0.374. The van der Waals surface area contributed by atoms with E-state index in [0.717, 1.165) is 19.5 Å². The molecule has 0 amide bonds. The van der Waals surface area contributed by atoms with Crippen LogP contribution in [0, 0.1) is 11.7 Å². The predicted molar refractivity (Wildman–Crippen MR) is 85.0 cm³/mol. The van der Waals surface area contributed by atoms with Crippen LogP contribution in [-0.4, -0.2) is 18.1 Å². The second-order valence-electron chi connectivity index (χ2n) is 5.33. The van der Waals surface area contributed by atoms with Crippen molar-refractivity contribution in [2.24, 2.45) is 5.92 Å². The maximum atomic E-state index is 13.5. The first kappa shape index (κ1) is 15.5. The third-order valence-electron chi connectivity index (χ3n) is 3.68. The van der Waals surface area contributed by atoms with Gasteiger partial charge in [0, 0.05) is 34.3 Å². The summed E-state index contributed by atoms with van der Waals surface area (Å²) >= 11 is 12.0. The lowest BCUT2D eigenvalue weighted by Gasteiger charge is -2.25. The van der Waals surface area contributed by atoms with Crippen molar-refractivity contribution in [2.75, 3.05) is 13.1 Å². The van der Waals surface area contributed by atoms with E-state index in [1.807, 2.05) is 0 Å². The molecule has 0 saturated carbocycles. The second-order valence-corrected chi connectivity index (χ2v) is 6.21. The quantitative estimate of drug-likeness (QED) is 0.902. The Bertz CT molecular complexity index is 642. The Morgan fingerprint density at radius 3 is 2.59 bits per heavy atom. The fourth-order valence-electron chi connectivity index (χ4n) is 2.70. The molecule has 22 heavy (non-hydrogen) atoms. The van der Waals surface area contributed by atoms with Crippen LogP contribution >= 0.6 is 23.2 Å².